The summed E-state index contributed by atoms with van der Waals surface area (Å²) in [5.41, 5.74) is 6.75. The van der Waals surface area contributed by atoms with Crippen molar-refractivity contribution in [1.29, 1.82) is 0 Å². The number of carbonyl (C=O) groups excluding carboxylic acids is 2. The lowest BCUT2D eigenvalue weighted by Gasteiger charge is -2.20. The van der Waals surface area contributed by atoms with Crippen LogP contribution < -0.4 is 11.1 Å². The third kappa shape index (κ3) is 2.64. The van der Waals surface area contributed by atoms with E-state index < -0.39 is 0 Å². The molecule has 5 nitrogen and oxygen atoms in total. The van der Waals surface area contributed by atoms with Crippen molar-refractivity contribution in [3.05, 3.63) is 28.2 Å². The maximum atomic E-state index is 12.3. The first-order valence-electron chi connectivity index (χ1n) is 5.69. The van der Waals surface area contributed by atoms with Crippen molar-refractivity contribution in [2.75, 3.05) is 25.4 Å². The summed E-state index contributed by atoms with van der Waals surface area (Å²) in [6.45, 7) is 1.28. The van der Waals surface area contributed by atoms with Crippen LogP contribution in [0.1, 0.15) is 16.8 Å². The molecule has 0 unspecified atom stereocenters. The zero-order valence-corrected chi connectivity index (χ0v) is 11.4. The van der Waals surface area contributed by atoms with Gasteiger partial charge in [0.05, 0.1) is 16.6 Å². The highest BCUT2D eigenvalue weighted by Crippen LogP contribution is 2.25. The molecule has 6 heteroatoms. The molecule has 1 aromatic rings. The highest BCUT2D eigenvalue weighted by Gasteiger charge is 2.22. The summed E-state index contributed by atoms with van der Waals surface area (Å²) < 4.78 is 0.583. The summed E-state index contributed by atoms with van der Waals surface area (Å²) in [6, 6.07) is 5.15. The number of nitrogens with zero attached hydrogens (tertiary/aromatic N) is 1. The molecule has 0 aromatic heterocycles. The number of nitrogens with one attached hydrogen (secondary N) is 1. The van der Waals surface area contributed by atoms with Crippen molar-refractivity contribution in [3.8, 4) is 0 Å². The lowest BCUT2D eigenvalue weighted by molar-refractivity contribution is -0.121. The summed E-state index contributed by atoms with van der Waals surface area (Å²) in [6.07, 6.45) is 0.761. The maximum Gasteiger partial charge on any atom is 0.255 e. The van der Waals surface area contributed by atoms with Crippen LogP contribution in [0.25, 0.3) is 0 Å². The smallest absolute Gasteiger partial charge is 0.255 e. The van der Waals surface area contributed by atoms with E-state index in [0.717, 1.165) is 6.42 Å². The lowest BCUT2D eigenvalue weighted by atomic mass is 10.1. The van der Waals surface area contributed by atoms with Gasteiger partial charge in [0.15, 0.2) is 0 Å². The second kappa shape index (κ2) is 5.39. The largest absolute Gasteiger partial charge is 0.398 e. The molecule has 1 aliphatic rings. The molecule has 0 saturated carbocycles. The standard InChI is InChI=1S/C12H14BrN3O2/c13-11-8(3-1-4-9(11)14)12(18)16-6-2-5-15-10(17)7-16/h1,3-4H,2,5-7,14H2,(H,15,17). The molecule has 0 radical (unpaired) electrons. The fraction of sp³-hybridized carbons (Fsp3) is 0.333. The molecule has 18 heavy (non-hydrogen) atoms. The van der Waals surface area contributed by atoms with E-state index in [1.54, 1.807) is 23.1 Å². The van der Waals surface area contributed by atoms with Crippen LogP contribution in [0.2, 0.25) is 0 Å². The SMILES string of the molecule is Nc1cccc(C(=O)N2CCCNC(=O)C2)c1Br. The first-order valence-corrected chi connectivity index (χ1v) is 6.49. The van der Waals surface area contributed by atoms with E-state index in [1.165, 1.54) is 0 Å². The van der Waals surface area contributed by atoms with Gasteiger partial charge in [-0.05, 0) is 34.5 Å². The number of hydrogen-bond donors (Lipinski definition) is 2. The van der Waals surface area contributed by atoms with Crippen LogP contribution in [-0.2, 0) is 4.79 Å². The number of hydrogen-bond acceptors (Lipinski definition) is 3. The predicted molar refractivity (Wildman–Crippen MR) is 72.1 cm³/mol. The molecule has 1 aliphatic heterocycles. The summed E-state index contributed by atoms with van der Waals surface area (Å²) in [5.74, 6) is -0.299. The summed E-state index contributed by atoms with van der Waals surface area (Å²) in [7, 11) is 0. The van der Waals surface area contributed by atoms with Crippen molar-refractivity contribution in [2.24, 2.45) is 0 Å². The fourth-order valence-electron chi connectivity index (χ4n) is 1.86. The first kappa shape index (κ1) is 12.9. The van der Waals surface area contributed by atoms with Crippen molar-refractivity contribution < 1.29 is 9.59 Å². The van der Waals surface area contributed by atoms with Crippen LogP contribution >= 0.6 is 15.9 Å². The molecule has 0 aliphatic carbocycles. The van der Waals surface area contributed by atoms with Crippen LogP contribution in [0.3, 0.4) is 0 Å². The van der Waals surface area contributed by atoms with Gasteiger partial charge in [0.25, 0.3) is 5.91 Å². The number of carbonyl (C=O) groups is 2. The van der Waals surface area contributed by atoms with Gasteiger partial charge >= 0.3 is 0 Å². The molecule has 1 fully saturated rings. The molecule has 1 heterocycles. The Labute approximate surface area is 113 Å². The summed E-state index contributed by atoms with van der Waals surface area (Å²) in [5, 5.41) is 2.74. The van der Waals surface area contributed by atoms with Gasteiger partial charge in [0.2, 0.25) is 5.91 Å². The van der Waals surface area contributed by atoms with Gasteiger partial charge in [-0.1, -0.05) is 6.07 Å². The van der Waals surface area contributed by atoms with Crippen molar-refractivity contribution >= 4 is 33.4 Å². The van der Waals surface area contributed by atoms with Gasteiger partial charge < -0.3 is 16.0 Å². The quantitative estimate of drug-likeness (QED) is 0.760. The van der Waals surface area contributed by atoms with E-state index in [1.807, 2.05) is 0 Å². The van der Waals surface area contributed by atoms with Gasteiger partial charge in [-0.25, -0.2) is 0 Å². The minimum atomic E-state index is -0.175. The number of benzene rings is 1. The second-order valence-corrected chi connectivity index (χ2v) is 4.93. The van der Waals surface area contributed by atoms with Crippen LogP contribution in [0.15, 0.2) is 22.7 Å². The Morgan fingerprint density at radius 2 is 2.22 bits per heavy atom. The molecule has 0 bridgehead atoms. The van der Waals surface area contributed by atoms with Crippen molar-refractivity contribution in [1.82, 2.24) is 10.2 Å². The molecular weight excluding hydrogens is 298 g/mol. The number of amides is 2. The monoisotopic (exact) mass is 311 g/mol. The number of nitrogen functional groups attached to an aromatic ring is 1. The van der Waals surface area contributed by atoms with E-state index in [0.29, 0.717) is 28.8 Å². The van der Waals surface area contributed by atoms with Crippen molar-refractivity contribution in [3.63, 3.8) is 0 Å². The molecule has 3 N–H and O–H groups in total. The lowest BCUT2D eigenvalue weighted by Crippen LogP contribution is -2.37. The number of anilines is 1. The molecule has 0 spiro atoms. The number of nitrogens with two attached hydrogens (primary N) is 1. The first-order chi connectivity index (χ1) is 8.59. The zero-order valence-electron chi connectivity index (χ0n) is 9.78. The Kier molecular flexibility index (Phi) is 3.86. The van der Waals surface area contributed by atoms with Gasteiger partial charge in [0.1, 0.15) is 0 Å². The number of halogens is 1. The fourth-order valence-corrected chi connectivity index (χ4v) is 2.30. The molecule has 96 valence electrons. The Morgan fingerprint density at radius 1 is 1.44 bits per heavy atom. The average Bonchev–Trinajstić information content (AvgIpc) is 2.56. The maximum absolute atomic E-state index is 12.3. The Hall–Kier alpha value is -1.56. The van der Waals surface area contributed by atoms with Crippen LogP contribution in [0, 0.1) is 0 Å². The van der Waals surface area contributed by atoms with Gasteiger partial charge in [-0.2, -0.15) is 0 Å². The van der Waals surface area contributed by atoms with Gasteiger partial charge in [0, 0.05) is 18.8 Å². The Bertz CT molecular complexity index is 490. The Morgan fingerprint density at radius 3 is 3.00 bits per heavy atom. The van der Waals surface area contributed by atoms with E-state index in [4.69, 9.17) is 5.73 Å². The van der Waals surface area contributed by atoms with E-state index in [2.05, 4.69) is 21.2 Å². The van der Waals surface area contributed by atoms with Crippen molar-refractivity contribution in [2.45, 2.75) is 6.42 Å². The Balaban J connectivity index is 2.24. The van der Waals surface area contributed by atoms with Crippen LogP contribution in [0.4, 0.5) is 5.69 Å². The van der Waals surface area contributed by atoms with E-state index in [9.17, 15) is 9.59 Å². The highest BCUT2D eigenvalue weighted by atomic mass is 79.9. The zero-order chi connectivity index (χ0) is 13.1. The molecule has 1 saturated heterocycles. The molecular formula is C12H14BrN3O2. The third-order valence-electron chi connectivity index (χ3n) is 2.81. The molecule has 1 aromatic carbocycles. The molecule has 2 amide bonds. The minimum absolute atomic E-state index is 0.0973. The third-order valence-corrected chi connectivity index (χ3v) is 3.69. The van der Waals surface area contributed by atoms with Gasteiger partial charge in [-0.15, -0.1) is 0 Å². The highest BCUT2D eigenvalue weighted by molar-refractivity contribution is 9.10. The average molecular weight is 312 g/mol. The second-order valence-electron chi connectivity index (χ2n) is 4.14. The molecule has 2 rings (SSSR count). The van der Waals surface area contributed by atoms with Gasteiger partial charge in [-0.3, -0.25) is 9.59 Å². The normalized spacial score (nSPS) is 16.1. The van der Waals surface area contributed by atoms with E-state index in [-0.39, 0.29) is 18.4 Å². The van der Waals surface area contributed by atoms with Crippen LogP contribution in [-0.4, -0.2) is 36.3 Å². The van der Waals surface area contributed by atoms with Crippen LogP contribution in [0.5, 0.6) is 0 Å². The number of rotatable bonds is 1. The predicted octanol–water partition coefficient (Wildman–Crippen LogP) is 0.993. The summed E-state index contributed by atoms with van der Waals surface area (Å²) in [4.78, 5) is 25.3. The molecule has 0 atom stereocenters. The topological polar surface area (TPSA) is 75.4 Å². The minimum Gasteiger partial charge on any atom is -0.398 e. The van der Waals surface area contributed by atoms with E-state index >= 15 is 0 Å². The summed E-state index contributed by atoms with van der Waals surface area (Å²) >= 11 is 3.31.